The minimum atomic E-state index is 0.0690. The van der Waals surface area contributed by atoms with Crippen molar-refractivity contribution in [1.82, 2.24) is 14.9 Å². The van der Waals surface area contributed by atoms with Gasteiger partial charge in [0.05, 0.1) is 17.8 Å². The molecule has 2 aromatic heterocycles. The monoisotopic (exact) mass is 297 g/mol. The van der Waals surface area contributed by atoms with Crippen LogP contribution in [0.1, 0.15) is 11.3 Å². The van der Waals surface area contributed by atoms with Crippen molar-refractivity contribution in [3.8, 4) is 17.7 Å². The number of amidine groups is 1. The van der Waals surface area contributed by atoms with Gasteiger partial charge in [-0.1, -0.05) is 5.16 Å². The topological polar surface area (TPSA) is 94.6 Å². The third-order valence-electron chi connectivity index (χ3n) is 2.85. The van der Waals surface area contributed by atoms with E-state index in [1.165, 1.54) is 4.90 Å². The Kier molecular flexibility index (Phi) is 4.88. The summed E-state index contributed by atoms with van der Waals surface area (Å²) in [5.41, 5.74) is 1.23. The van der Waals surface area contributed by atoms with Gasteiger partial charge in [-0.2, -0.15) is 5.26 Å². The molecule has 7 heteroatoms. The van der Waals surface area contributed by atoms with E-state index in [0.29, 0.717) is 11.3 Å². The SMILES string of the molecule is Cc1ccc(/C(=N/O)N(C)CC#N)c(Oc2cccnc2)n1. The normalized spacial score (nSPS) is 10.9. The van der Waals surface area contributed by atoms with E-state index in [1.54, 1.807) is 43.7 Å². The van der Waals surface area contributed by atoms with Crippen LogP contribution in [-0.4, -0.2) is 39.5 Å². The van der Waals surface area contributed by atoms with Gasteiger partial charge in [-0.3, -0.25) is 4.98 Å². The zero-order chi connectivity index (χ0) is 15.9. The lowest BCUT2D eigenvalue weighted by Gasteiger charge is -2.18. The molecule has 2 rings (SSSR count). The minimum absolute atomic E-state index is 0.0690. The van der Waals surface area contributed by atoms with E-state index in [-0.39, 0.29) is 18.3 Å². The van der Waals surface area contributed by atoms with Crippen LogP contribution in [0.15, 0.2) is 41.8 Å². The number of oxime groups is 1. The van der Waals surface area contributed by atoms with E-state index in [4.69, 9.17) is 10.00 Å². The van der Waals surface area contributed by atoms with E-state index < -0.39 is 0 Å². The van der Waals surface area contributed by atoms with Crippen LogP contribution < -0.4 is 4.74 Å². The fourth-order valence-electron chi connectivity index (χ4n) is 1.82. The quantitative estimate of drug-likeness (QED) is 0.305. The highest BCUT2D eigenvalue weighted by Gasteiger charge is 2.17. The third kappa shape index (κ3) is 3.49. The van der Waals surface area contributed by atoms with Gasteiger partial charge in [-0.25, -0.2) is 4.98 Å². The summed E-state index contributed by atoms with van der Waals surface area (Å²) in [5.74, 6) is 1.00. The number of ether oxygens (including phenoxy) is 1. The van der Waals surface area contributed by atoms with Crippen molar-refractivity contribution in [3.05, 3.63) is 47.9 Å². The molecule has 0 aromatic carbocycles. The minimum Gasteiger partial charge on any atom is -0.437 e. The zero-order valence-corrected chi connectivity index (χ0v) is 12.3. The largest absolute Gasteiger partial charge is 0.437 e. The summed E-state index contributed by atoms with van der Waals surface area (Å²) in [5, 5.41) is 21.3. The van der Waals surface area contributed by atoms with Gasteiger partial charge in [0.25, 0.3) is 0 Å². The molecule has 0 fully saturated rings. The van der Waals surface area contributed by atoms with Crippen LogP contribution in [-0.2, 0) is 0 Å². The molecule has 112 valence electrons. The molecule has 0 aliphatic carbocycles. The van der Waals surface area contributed by atoms with Crippen molar-refractivity contribution in [2.75, 3.05) is 13.6 Å². The average Bonchev–Trinajstić information content (AvgIpc) is 2.51. The van der Waals surface area contributed by atoms with E-state index in [2.05, 4.69) is 15.1 Å². The molecule has 0 unspecified atom stereocenters. The molecule has 2 aromatic rings. The standard InChI is InChI=1S/C15H15N5O2/c1-11-5-6-13(14(19-21)20(2)9-7-16)15(18-11)22-12-4-3-8-17-10-12/h3-6,8,10,21H,9H2,1-2H3/b19-14-. The van der Waals surface area contributed by atoms with Crippen LogP contribution in [0, 0.1) is 18.3 Å². The average molecular weight is 297 g/mol. The highest BCUT2D eigenvalue weighted by molar-refractivity contribution is 6.00. The molecule has 0 aliphatic rings. The predicted molar refractivity (Wildman–Crippen MR) is 79.9 cm³/mol. The number of aryl methyl sites for hydroxylation is 1. The fourth-order valence-corrected chi connectivity index (χ4v) is 1.82. The lowest BCUT2D eigenvalue weighted by molar-refractivity contribution is 0.308. The number of aromatic nitrogens is 2. The van der Waals surface area contributed by atoms with Crippen LogP contribution in [0.5, 0.6) is 11.6 Å². The number of hydrogen-bond acceptors (Lipinski definition) is 6. The molecule has 0 spiro atoms. The number of nitrogens with zero attached hydrogens (tertiary/aromatic N) is 5. The molecule has 0 amide bonds. The molecule has 0 atom stereocenters. The molecule has 0 saturated carbocycles. The summed E-state index contributed by atoms with van der Waals surface area (Å²) in [6.07, 6.45) is 3.20. The van der Waals surface area contributed by atoms with E-state index in [0.717, 1.165) is 5.69 Å². The number of rotatable bonds is 4. The summed E-state index contributed by atoms with van der Waals surface area (Å²) in [6.45, 7) is 1.90. The van der Waals surface area contributed by atoms with Crippen LogP contribution in [0.4, 0.5) is 0 Å². The summed E-state index contributed by atoms with van der Waals surface area (Å²) < 4.78 is 5.73. The van der Waals surface area contributed by atoms with Crippen molar-refractivity contribution in [2.45, 2.75) is 6.92 Å². The van der Waals surface area contributed by atoms with Gasteiger partial charge in [-0.15, -0.1) is 0 Å². The van der Waals surface area contributed by atoms with Crippen LogP contribution in [0.25, 0.3) is 0 Å². The van der Waals surface area contributed by atoms with E-state index in [1.807, 2.05) is 13.0 Å². The van der Waals surface area contributed by atoms with Crippen LogP contribution in [0.3, 0.4) is 0 Å². The van der Waals surface area contributed by atoms with Crippen molar-refractivity contribution in [1.29, 1.82) is 5.26 Å². The zero-order valence-electron chi connectivity index (χ0n) is 12.3. The Labute approximate surface area is 128 Å². The first-order valence-electron chi connectivity index (χ1n) is 6.51. The second kappa shape index (κ2) is 7.04. The number of hydrogen-bond donors (Lipinski definition) is 1. The number of nitriles is 1. The summed E-state index contributed by atoms with van der Waals surface area (Å²) in [6, 6.07) is 8.99. The molecule has 0 aliphatic heterocycles. The van der Waals surface area contributed by atoms with Gasteiger partial charge in [0.1, 0.15) is 12.3 Å². The first kappa shape index (κ1) is 15.3. The lowest BCUT2D eigenvalue weighted by atomic mass is 10.2. The Morgan fingerprint density at radius 3 is 2.91 bits per heavy atom. The molecular weight excluding hydrogens is 282 g/mol. The Morgan fingerprint density at radius 1 is 1.45 bits per heavy atom. The van der Waals surface area contributed by atoms with Gasteiger partial charge < -0.3 is 14.8 Å². The highest BCUT2D eigenvalue weighted by Crippen LogP contribution is 2.24. The Bertz CT molecular complexity index is 710. The highest BCUT2D eigenvalue weighted by atomic mass is 16.5. The smallest absolute Gasteiger partial charge is 0.230 e. The second-order valence-electron chi connectivity index (χ2n) is 4.53. The lowest BCUT2D eigenvalue weighted by Crippen LogP contribution is -2.28. The van der Waals surface area contributed by atoms with E-state index in [9.17, 15) is 5.21 Å². The summed E-state index contributed by atoms with van der Waals surface area (Å²) in [4.78, 5) is 9.81. The molecule has 2 heterocycles. The van der Waals surface area contributed by atoms with Gasteiger partial charge in [0.2, 0.25) is 5.88 Å². The Hall–Kier alpha value is -3.14. The van der Waals surface area contributed by atoms with Crippen molar-refractivity contribution < 1.29 is 9.94 Å². The molecule has 7 nitrogen and oxygen atoms in total. The maximum atomic E-state index is 9.28. The first-order valence-corrected chi connectivity index (χ1v) is 6.51. The maximum Gasteiger partial charge on any atom is 0.230 e. The molecule has 0 bridgehead atoms. The molecule has 1 N–H and O–H groups in total. The van der Waals surface area contributed by atoms with Crippen molar-refractivity contribution in [2.24, 2.45) is 5.16 Å². The van der Waals surface area contributed by atoms with E-state index >= 15 is 0 Å². The first-order chi connectivity index (χ1) is 10.7. The maximum absolute atomic E-state index is 9.28. The van der Waals surface area contributed by atoms with Gasteiger partial charge in [-0.05, 0) is 31.2 Å². The van der Waals surface area contributed by atoms with Crippen LogP contribution >= 0.6 is 0 Å². The van der Waals surface area contributed by atoms with Gasteiger partial charge in [0, 0.05) is 18.9 Å². The molecule has 22 heavy (non-hydrogen) atoms. The van der Waals surface area contributed by atoms with Gasteiger partial charge >= 0.3 is 0 Å². The summed E-state index contributed by atoms with van der Waals surface area (Å²) in [7, 11) is 1.64. The van der Waals surface area contributed by atoms with Crippen LogP contribution in [0.2, 0.25) is 0 Å². The second-order valence-corrected chi connectivity index (χ2v) is 4.53. The molecular formula is C15H15N5O2. The van der Waals surface area contributed by atoms with Crippen molar-refractivity contribution >= 4 is 5.84 Å². The summed E-state index contributed by atoms with van der Waals surface area (Å²) >= 11 is 0. The fraction of sp³-hybridized carbons (Fsp3) is 0.200. The van der Waals surface area contributed by atoms with Gasteiger partial charge in [0.15, 0.2) is 5.84 Å². The third-order valence-corrected chi connectivity index (χ3v) is 2.85. The Balaban J connectivity index is 2.41. The Morgan fingerprint density at radius 2 is 2.27 bits per heavy atom. The molecule has 0 radical (unpaired) electrons. The predicted octanol–water partition coefficient (Wildman–Crippen LogP) is 2.17. The van der Waals surface area contributed by atoms with Crippen molar-refractivity contribution in [3.63, 3.8) is 0 Å². The number of pyridine rings is 2. The molecule has 0 saturated heterocycles.